The lowest BCUT2D eigenvalue weighted by Gasteiger charge is -2.25. The van der Waals surface area contributed by atoms with Gasteiger partial charge in [-0.2, -0.15) is 8.78 Å². The van der Waals surface area contributed by atoms with Crippen molar-refractivity contribution >= 4 is 5.91 Å². The van der Waals surface area contributed by atoms with E-state index in [9.17, 15) is 18.0 Å². The van der Waals surface area contributed by atoms with Crippen LogP contribution in [-0.4, -0.2) is 42.8 Å². The molecule has 3 atom stereocenters. The number of alkyl halides is 2. The van der Waals surface area contributed by atoms with Crippen LogP contribution in [0.2, 0.25) is 0 Å². The van der Waals surface area contributed by atoms with Gasteiger partial charge in [0.15, 0.2) is 5.82 Å². The number of hydrogen-bond donors (Lipinski definition) is 0. The van der Waals surface area contributed by atoms with E-state index in [1.165, 1.54) is 30.7 Å². The van der Waals surface area contributed by atoms with Gasteiger partial charge in [0.1, 0.15) is 11.5 Å². The summed E-state index contributed by atoms with van der Waals surface area (Å²) in [4.78, 5) is 31.8. The highest BCUT2D eigenvalue weighted by molar-refractivity contribution is 6.01. The van der Waals surface area contributed by atoms with E-state index in [1.807, 2.05) is 4.90 Å². The molecule has 0 spiro atoms. The van der Waals surface area contributed by atoms with Gasteiger partial charge in [0.25, 0.3) is 11.8 Å². The van der Waals surface area contributed by atoms with E-state index >= 15 is 0 Å². The second-order valence-corrected chi connectivity index (χ2v) is 8.73. The fourth-order valence-electron chi connectivity index (χ4n) is 5.10. The van der Waals surface area contributed by atoms with Gasteiger partial charge >= 0.3 is 0 Å². The molecule has 9 heteroatoms. The summed E-state index contributed by atoms with van der Waals surface area (Å²) in [5.41, 5.74) is 0.607. The summed E-state index contributed by atoms with van der Waals surface area (Å²) in [7, 11) is 0. The smallest absolute Gasteiger partial charge is 0.288 e. The van der Waals surface area contributed by atoms with E-state index in [1.54, 1.807) is 12.1 Å². The normalized spacial score (nSPS) is 22.1. The van der Waals surface area contributed by atoms with Crippen molar-refractivity contribution in [1.82, 2.24) is 24.8 Å². The van der Waals surface area contributed by atoms with Gasteiger partial charge in [0.05, 0.1) is 23.0 Å². The first-order valence-electron chi connectivity index (χ1n) is 10.9. The third-order valence-electron chi connectivity index (χ3n) is 6.56. The van der Waals surface area contributed by atoms with Gasteiger partial charge in [-0.25, -0.2) is 14.4 Å². The van der Waals surface area contributed by atoms with Crippen LogP contribution < -0.4 is 0 Å². The van der Waals surface area contributed by atoms with Crippen LogP contribution in [0.25, 0.3) is 11.4 Å². The standard InChI is InChI=1S/C24H22F3N5O/c1-24(26,27)20-13-30-15(12-31-20)10-14-11-16-6-7-19(14)32(16)23(33)17-4-2-5-18(25)21(17)22-28-8-3-9-29-22/h2-5,8-9,12-14,16,19H,6-7,10-11H2,1H3. The predicted molar refractivity (Wildman–Crippen MR) is 114 cm³/mol. The zero-order valence-corrected chi connectivity index (χ0v) is 18.0. The third kappa shape index (κ3) is 3.96. The first-order chi connectivity index (χ1) is 15.8. The van der Waals surface area contributed by atoms with Gasteiger partial charge in [0.2, 0.25) is 0 Å². The maximum absolute atomic E-state index is 14.8. The maximum atomic E-state index is 14.8. The lowest BCUT2D eigenvalue weighted by molar-refractivity contribution is 0.0123. The van der Waals surface area contributed by atoms with Gasteiger partial charge in [-0.15, -0.1) is 0 Å². The number of carbonyl (C=O) groups excluding carboxylic acids is 1. The highest BCUT2D eigenvalue weighted by Gasteiger charge is 2.49. The molecule has 3 unspecified atom stereocenters. The Morgan fingerprint density at radius 1 is 1.09 bits per heavy atom. The monoisotopic (exact) mass is 453 g/mol. The summed E-state index contributed by atoms with van der Waals surface area (Å²) in [5, 5.41) is 0. The SMILES string of the molecule is CC(F)(F)c1cnc(CC2CC3CCC2N3C(=O)c2cccc(F)c2-c2ncccn2)cn1. The van der Waals surface area contributed by atoms with Crippen molar-refractivity contribution in [1.29, 1.82) is 0 Å². The molecule has 2 aliphatic rings. The first-order valence-corrected chi connectivity index (χ1v) is 10.9. The summed E-state index contributed by atoms with van der Waals surface area (Å²) >= 11 is 0. The average molecular weight is 453 g/mol. The zero-order chi connectivity index (χ0) is 23.2. The van der Waals surface area contributed by atoms with E-state index in [2.05, 4.69) is 19.9 Å². The molecule has 2 bridgehead atoms. The van der Waals surface area contributed by atoms with Crippen molar-refractivity contribution in [3.8, 4) is 11.4 Å². The van der Waals surface area contributed by atoms with Crippen LogP contribution in [0, 0.1) is 11.7 Å². The molecule has 6 nitrogen and oxygen atoms in total. The third-order valence-corrected chi connectivity index (χ3v) is 6.56. The second kappa shape index (κ2) is 8.20. The van der Waals surface area contributed by atoms with Gasteiger partial charge in [-0.05, 0) is 49.8 Å². The van der Waals surface area contributed by atoms with E-state index in [0.717, 1.165) is 32.4 Å². The van der Waals surface area contributed by atoms with E-state index in [0.29, 0.717) is 12.1 Å². The lowest BCUT2D eigenvalue weighted by Crippen LogP contribution is -2.37. The Morgan fingerprint density at radius 3 is 2.58 bits per heavy atom. The Balaban J connectivity index is 1.39. The summed E-state index contributed by atoms with van der Waals surface area (Å²) in [6.45, 7) is 0.789. The largest absolute Gasteiger partial charge is 0.332 e. The fourth-order valence-corrected chi connectivity index (χ4v) is 5.10. The number of hydrogen-bond acceptors (Lipinski definition) is 5. The molecular weight excluding hydrogens is 431 g/mol. The summed E-state index contributed by atoms with van der Waals surface area (Å²) in [5.74, 6) is -3.51. The predicted octanol–water partition coefficient (Wildman–Crippen LogP) is 4.42. The average Bonchev–Trinajstić information content (AvgIpc) is 3.36. The minimum atomic E-state index is -3.04. The fraction of sp³-hybridized carbons (Fsp3) is 0.375. The summed E-state index contributed by atoms with van der Waals surface area (Å²) < 4.78 is 41.6. The molecule has 0 N–H and O–H groups in total. The molecule has 2 aromatic heterocycles. The maximum Gasteiger partial charge on any atom is 0.288 e. The summed E-state index contributed by atoms with van der Waals surface area (Å²) in [6.07, 6.45) is 8.59. The molecule has 0 aliphatic carbocycles. The first kappa shape index (κ1) is 21.5. The van der Waals surface area contributed by atoms with Crippen molar-refractivity contribution in [3.63, 3.8) is 0 Å². The molecular formula is C24H22F3N5O. The molecule has 2 fully saturated rings. The molecule has 3 aromatic rings. The number of amides is 1. The van der Waals surface area contributed by atoms with E-state index in [-0.39, 0.29) is 46.6 Å². The summed E-state index contributed by atoms with van der Waals surface area (Å²) in [6, 6.07) is 6.08. The van der Waals surface area contributed by atoms with Crippen LogP contribution in [-0.2, 0) is 12.3 Å². The topological polar surface area (TPSA) is 71.9 Å². The molecule has 1 aromatic carbocycles. The molecule has 0 radical (unpaired) electrons. The molecule has 1 amide bonds. The van der Waals surface area contributed by atoms with Gasteiger partial charge < -0.3 is 4.90 Å². The number of halogens is 3. The van der Waals surface area contributed by atoms with Crippen molar-refractivity contribution < 1.29 is 18.0 Å². The molecule has 4 heterocycles. The van der Waals surface area contributed by atoms with Crippen LogP contribution >= 0.6 is 0 Å². The van der Waals surface area contributed by atoms with Crippen molar-refractivity contribution in [2.45, 2.75) is 50.6 Å². The molecule has 2 aliphatic heterocycles. The van der Waals surface area contributed by atoms with Crippen LogP contribution in [0.1, 0.15) is 47.9 Å². The van der Waals surface area contributed by atoms with Crippen LogP contribution in [0.5, 0.6) is 0 Å². The van der Waals surface area contributed by atoms with Crippen molar-refractivity contribution in [3.05, 3.63) is 71.8 Å². The molecule has 0 saturated carbocycles. The van der Waals surface area contributed by atoms with E-state index in [4.69, 9.17) is 0 Å². The minimum absolute atomic E-state index is 0.0237. The Morgan fingerprint density at radius 2 is 1.88 bits per heavy atom. The quantitative estimate of drug-likeness (QED) is 0.572. The minimum Gasteiger partial charge on any atom is -0.332 e. The number of aromatic nitrogens is 4. The molecule has 2 saturated heterocycles. The van der Waals surface area contributed by atoms with Gasteiger partial charge in [0, 0.05) is 37.6 Å². The van der Waals surface area contributed by atoms with E-state index < -0.39 is 11.7 Å². The second-order valence-electron chi connectivity index (χ2n) is 8.73. The Labute approximate surface area is 188 Å². The Kier molecular flexibility index (Phi) is 5.34. The molecule has 33 heavy (non-hydrogen) atoms. The number of benzene rings is 1. The number of carbonyl (C=O) groups is 1. The Bertz CT molecular complexity index is 1170. The number of nitrogens with zero attached hydrogens (tertiary/aromatic N) is 5. The van der Waals surface area contributed by atoms with Gasteiger partial charge in [-0.3, -0.25) is 14.8 Å². The lowest BCUT2D eigenvalue weighted by atomic mass is 9.86. The zero-order valence-electron chi connectivity index (χ0n) is 18.0. The van der Waals surface area contributed by atoms with Crippen LogP contribution in [0.3, 0.4) is 0 Å². The highest BCUT2D eigenvalue weighted by Crippen LogP contribution is 2.44. The highest BCUT2D eigenvalue weighted by atomic mass is 19.3. The van der Waals surface area contributed by atoms with Crippen molar-refractivity contribution in [2.75, 3.05) is 0 Å². The van der Waals surface area contributed by atoms with Gasteiger partial charge in [-0.1, -0.05) is 6.07 Å². The van der Waals surface area contributed by atoms with Crippen LogP contribution in [0.15, 0.2) is 49.1 Å². The number of fused-ring (bicyclic) bond motifs is 2. The van der Waals surface area contributed by atoms with Crippen LogP contribution in [0.4, 0.5) is 13.2 Å². The Hall–Kier alpha value is -3.36. The number of rotatable bonds is 5. The molecule has 5 rings (SSSR count). The molecule has 170 valence electrons. The van der Waals surface area contributed by atoms with Crippen molar-refractivity contribution in [2.24, 2.45) is 5.92 Å².